The number of phenols is 1. The fourth-order valence-corrected chi connectivity index (χ4v) is 2.55. The molecule has 1 aromatic carbocycles. The van der Waals surface area contributed by atoms with Crippen LogP contribution in [0.1, 0.15) is 10.4 Å². The number of nitrogens with zero attached hydrogens (tertiary/aromatic N) is 2. The van der Waals surface area contributed by atoms with E-state index in [2.05, 4.69) is 10.5 Å². The van der Waals surface area contributed by atoms with Gasteiger partial charge in [0.05, 0.1) is 17.6 Å². The Morgan fingerprint density at radius 1 is 1.55 bits per heavy atom. The van der Waals surface area contributed by atoms with Gasteiger partial charge in [-0.15, -0.1) is 11.3 Å². The second-order valence-electron chi connectivity index (χ2n) is 4.17. The van der Waals surface area contributed by atoms with Crippen molar-refractivity contribution in [2.75, 3.05) is 0 Å². The summed E-state index contributed by atoms with van der Waals surface area (Å²) in [4.78, 5) is 22.5. The number of nitro benzene ring substituents is 1. The molecule has 0 bridgehead atoms. The van der Waals surface area contributed by atoms with Gasteiger partial charge in [0.2, 0.25) is 11.7 Å². The van der Waals surface area contributed by atoms with Gasteiger partial charge in [-0.2, -0.15) is 5.10 Å². The molecule has 7 nitrogen and oxygen atoms in total. The number of aromatic hydroxyl groups is 1. The van der Waals surface area contributed by atoms with Gasteiger partial charge in [-0.1, -0.05) is 17.7 Å². The molecule has 0 spiro atoms. The maximum Gasteiger partial charge on any atom is 0.312 e. The number of nitro groups is 1. The Balaban J connectivity index is 2.07. The fraction of sp³-hybridized carbons (Fsp3) is 0.0769. The number of benzene rings is 1. The van der Waals surface area contributed by atoms with Crippen molar-refractivity contribution in [3.05, 3.63) is 55.2 Å². The van der Waals surface area contributed by atoms with Crippen LogP contribution < -0.4 is 5.43 Å². The molecule has 2 N–H and O–H groups in total. The second-order valence-corrected chi connectivity index (χ2v) is 5.64. The smallest absolute Gasteiger partial charge is 0.312 e. The van der Waals surface area contributed by atoms with Gasteiger partial charge in [0, 0.05) is 21.5 Å². The number of phenolic OH excluding ortho intramolecular Hbond substituents is 1. The van der Waals surface area contributed by atoms with Gasteiger partial charge in [0.1, 0.15) is 0 Å². The number of halogens is 1. The summed E-state index contributed by atoms with van der Waals surface area (Å²) in [5.41, 5.74) is 1.79. The van der Waals surface area contributed by atoms with Crippen molar-refractivity contribution in [2.24, 2.45) is 5.10 Å². The van der Waals surface area contributed by atoms with E-state index in [9.17, 15) is 20.0 Å². The standard InChI is InChI=1S/C13H10ClN3O4S/c14-9-4-8(13(19)11(5-9)17(20)21)7-15-16-12(18)6-10-2-1-3-22-10/h1-5,7,19H,6H2,(H,16,18)/b15-7-. The van der Waals surface area contributed by atoms with Gasteiger partial charge < -0.3 is 5.11 Å². The number of hydrogen-bond acceptors (Lipinski definition) is 6. The van der Waals surface area contributed by atoms with Crippen LogP contribution in [0.15, 0.2) is 34.7 Å². The second kappa shape index (κ2) is 7.01. The molecule has 2 rings (SSSR count). The third-order valence-electron chi connectivity index (χ3n) is 2.59. The van der Waals surface area contributed by atoms with E-state index in [1.54, 1.807) is 0 Å². The molecule has 1 heterocycles. The van der Waals surface area contributed by atoms with Gasteiger partial charge in [-0.3, -0.25) is 14.9 Å². The third-order valence-corrected chi connectivity index (χ3v) is 3.68. The molecule has 0 aliphatic rings. The summed E-state index contributed by atoms with van der Waals surface area (Å²) >= 11 is 7.18. The van der Waals surface area contributed by atoms with Crippen molar-refractivity contribution in [1.82, 2.24) is 5.43 Å². The van der Waals surface area contributed by atoms with Crippen LogP contribution in [-0.2, 0) is 11.2 Å². The maximum absolute atomic E-state index is 11.6. The van der Waals surface area contributed by atoms with E-state index in [-0.39, 0.29) is 22.9 Å². The number of carbonyl (C=O) groups is 1. The lowest BCUT2D eigenvalue weighted by Gasteiger charge is -2.02. The van der Waals surface area contributed by atoms with Crippen LogP contribution in [0.3, 0.4) is 0 Å². The molecule has 0 saturated carbocycles. The van der Waals surface area contributed by atoms with Crippen molar-refractivity contribution < 1.29 is 14.8 Å². The van der Waals surface area contributed by atoms with Crippen molar-refractivity contribution >= 4 is 40.7 Å². The normalized spacial score (nSPS) is 10.8. The lowest BCUT2D eigenvalue weighted by molar-refractivity contribution is -0.385. The Morgan fingerprint density at radius 3 is 2.95 bits per heavy atom. The molecule has 2 aromatic rings. The first-order chi connectivity index (χ1) is 10.5. The summed E-state index contributed by atoms with van der Waals surface area (Å²) in [6.07, 6.45) is 1.28. The van der Waals surface area contributed by atoms with E-state index in [1.165, 1.54) is 17.4 Å². The van der Waals surface area contributed by atoms with Crippen LogP contribution in [-0.4, -0.2) is 22.2 Å². The zero-order valence-corrected chi connectivity index (χ0v) is 12.6. The average molecular weight is 340 g/mol. The van der Waals surface area contributed by atoms with Gasteiger partial charge >= 0.3 is 5.69 Å². The molecule has 0 saturated heterocycles. The molecular weight excluding hydrogens is 330 g/mol. The quantitative estimate of drug-likeness (QED) is 0.496. The van der Waals surface area contributed by atoms with E-state index in [0.717, 1.165) is 17.2 Å². The predicted octanol–water partition coefficient (Wildman–Crippen LogP) is 2.71. The number of carbonyl (C=O) groups excluding carboxylic acids is 1. The molecule has 0 aliphatic carbocycles. The summed E-state index contributed by atoms with van der Waals surface area (Å²) in [6, 6.07) is 5.99. The van der Waals surface area contributed by atoms with Gasteiger partial charge in [0.25, 0.3) is 0 Å². The Labute approximate surface area is 134 Å². The molecule has 1 aromatic heterocycles. The SMILES string of the molecule is O=C(Cc1cccs1)N/N=C\c1cc(Cl)cc([N+](=O)[O-])c1O. The molecule has 9 heteroatoms. The molecule has 22 heavy (non-hydrogen) atoms. The van der Waals surface area contributed by atoms with E-state index >= 15 is 0 Å². The Morgan fingerprint density at radius 2 is 2.32 bits per heavy atom. The van der Waals surface area contributed by atoms with E-state index in [0.29, 0.717) is 0 Å². The Bertz CT molecular complexity index is 731. The average Bonchev–Trinajstić information content (AvgIpc) is 2.94. The van der Waals surface area contributed by atoms with Crippen molar-refractivity contribution in [3.63, 3.8) is 0 Å². The minimum absolute atomic E-state index is 0.0376. The highest BCUT2D eigenvalue weighted by atomic mass is 35.5. The van der Waals surface area contributed by atoms with E-state index < -0.39 is 16.4 Å². The summed E-state index contributed by atoms with van der Waals surface area (Å²) in [5.74, 6) is -0.902. The number of thiophene rings is 1. The number of hydrogen-bond donors (Lipinski definition) is 2. The van der Waals surface area contributed by atoms with Gasteiger partial charge in [0.15, 0.2) is 0 Å². The van der Waals surface area contributed by atoms with Crippen molar-refractivity contribution in [3.8, 4) is 5.75 Å². The van der Waals surface area contributed by atoms with Crippen molar-refractivity contribution in [2.45, 2.75) is 6.42 Å². The minimum Gasteiger partial charge on any atom is -0.502 e. The summed E-state index contributed by atoms with van der Waals surface area (Å²) < 4.78 is 0. The van der Waals surface area contributed by atoms with Crippen LogP contribution in [0, 0.1) is 10.1 Å². The molecule has 0 radical (unpaired) electrons. The number of rotatable bonds is 5. The minimum atomic E-state index is -0.756. The summed E-state index contributed by atoms with van der Waals surface area (Å²) in [7, 11) is 0. The van der Waals surface area contributed by atoms with Crippen LogP contribution in [0.25, 0.3) is 0 Å². The largest absolute Gasteiger partial charge is 0.502 e. The van der Waals surface area contributed by atoms with Crippen LogP contribution >= 0.6 is 22.9 Å². The molecular formula is C13H10ClN3O4S. The highest BCUT2D eigenvalue weighted by molar-refractivity contribution is 7.10. The fourth-order valence-electron chi connectivity index (χ4n) is 1.63. The number of amides is 1. The molecule has 114 valence electrons. The molecule has 1 amide bonds. The van der Waals surface area contributed by atoms with Crippen molar-refractivity contribution in [1.29, 1.82) is 0 Å². The van der Waals surface area contributed by atoms with E-state index in [1.807, 2.05) is 17.5 Å². The first kappa shape index (κ1) is 15.9. The monoisotopic (exact) mass is 339 g/mol. The Kier molecular flexibility index (Phi) is 5.08. The van der Waals surface area contributed by atoms with Crippen LogP contribution in [0.2, 0.25) is 5.02 Å². The topological polar surface area (TPSA) is 105 Å². The predicted molar refractivity (Wildman–Crippen MR) is 83.5 cm³/mol. The third kappa shape index (κ3) is 4.03. The zero-order valence-electron chi connectivity index (χ0n) is 11.0. The van der Waals surface area contributed by atoms with E-state index in [4.69, 9.17) is 11.6 Å². The molecule has 0 fully saturated rings. The van der Waals surface area contributed by atoms with Crippen LogP contribution in [0.5, 0.6) is 5.75 Å². The van der Waals surface area contributed by atoms with Crippen LogP contribution in [0.4, 0.5) is 5.69 Å². The molecule has 0 aliphatic heterocycles. The van der Waals surface area contributed by atoms with Gasteiger partial charge in [-0.25, -0.2) is 5.43 Å². The first-order valence-electron chi connectivity index (χ1n) is 5.98. The van der Waals surface area contributed by atoms with Gasteiger partial charge in [-0.05, 0) is 17.5 Å². The molecule has 0 unspecified atom stereocenters. The Hall–Kier alpha value is -2.45. The number of hydrazone groups is 1. The lowest BCUT2D eigenvalue weighted by Crippen LogP contribution is -2.19. The highest BCUT2D eigenvalue weighted by Crippen LogP contribution is 2.32. The molecule has 0 atom stereocenters. The summed E-state index contributed by atoms with van der Waals surface area (Å²) in [5, 5.41) is 26.1. The summed E-state index contributed by atoms with van der Waals surface area (Å²) in [6.45, 7) is 0. The zero-order chi connectivity index (χ0) is 16.1. The maximum atomic E-state index is 11.6. The first-order valence-corrected chi connectivity index (χ1v) is 7.24. The highest BCUT2D eigenvalue weighted by Gasteiger charge is 2.17. The number of nitrogens with one attached hydrogen (secondary N) is 1. The lowest BCUT2D eigenvalue weighted by atomic mass is 10.2.